The molecule has 0 spiro atoms. The van der Waals surface area contributed by atoms with Gasteiger partial charge in [0, 0.05) is 53.8 Å². The fourth-order valence-corrected chi connectivity index (χ4v) is 6.21. The van der Waals surface area contributed by atoms with Crippen LogP contribution in [0.15, 0.2) is 85.2 Å². The number of carbonyl (C=O) groups is 1. The summed E-state index contributed by atoms with van der Waals surface area (Å²) in [5, 5.41) is 31.6. The third kappa shape index (κ3) is 9.44. The van der Waals surface area contributed by atoms with Gasteiger partial charge in [-0.15, -0.1) is 0 Å². The maximum atomic E-state index is 15.1. The zero-order valence-corrected chi connectivity index (χ0v) is 30.3. The largest absolute Gasteiger partial charge is 0.488 e. The molecule has 5 rings (SSSR count). The van der Waals surface area contributed by atoms with Gasteiger partial charge in [0.15, 0.2) is 0 Å². The molecule has 0 aliphatic heterocycles. The Morgan fingerprint density at radius 3 is 2.37 bits per heavy atom. The highest BCUT2D eigenvalue weighted by Gasteiger charge is 2.20. The Kier molecular flexibility index (Phi) is 12.8. The van der Waals surface area contributed by atoms with Crippen LogP contribution in [0, 0.1) is 24.1 Å². The van der Waals surface area contributed by atoms with Crippen LogP contribution < -0.4 is 14.8 Å². The minimum absolute atomic E-state index is 0.0150. The van der Waals surface area contributed by atoms with Crippen LogP contribution in [0.1, 0.15) is 33.4 Å². The lowest BCUT2D eigenvalue weighted by Crippen LogP contribution is -2.39. The predicted molar refractivity (Wildman–Crippen MR) is 199 cm³/mol. The highest BCUT2D eigenvalue weighted by Crippen LogP contribution is 2.40. The Morgan fingerprint density at radius 2 is 1.67 bits per heavy atom. The number of aliphatic carboxylic acids is 1. The number of nitriles is 1. The number of nitrogens with one attached hydrogen (secondary N) is 1. The van der Waals surface area contributed by atoms with E-state index in [1.54, 1.807) is 24.4 Å². The molecule has 0 saturated heterocycles. The average molecular weight is 744 g/mol. The average Bonchev–Trinajstić information content (AvgIpc) is 3.12. The molecule has 52 heavy (non-hydrogen) atoms. The molecule has 0 radical (unpaired) electrons. The number of carboxylic acids is 1. The summed E-state index contributed by atoms with van der Waals surface area (Å²) in [5.41, 5.74) is 7.00. The molecule has 1 aromatic heterocycles. The van der Waals surface area contributed by atoms with E-state index in [1.165, 1.54) is 18.3 Å². The number of hydrogen-bond donors (Lipinski definition) is 3. The number of aliphatic hydroxyl groups is 1. The minimum Gasteiger partial charge on any atom is -0.488 e. The number of ether oxygens (including phenoxy) is 2. The number of pyridine rings is 1. The molecule has 5 aromatic rings. The van der Waals surface area contributed by atoms with E-state index in [2.05, 4.69) is 15.2 Å². The topological polar surface area (TPSA) is 128 Å². The van der Waals surface area contributed by atoms with Crippen molar-refractivity contribution < 1.29 is 28.9 Å². The van der Waals surface area contributed by atoms with Crippen LogP contribution in [0.3, 0.4) is 0 Å². The minimum atomic E-state index is -1.21. The van der Waals surface area contributed by atoms with Gasteiger partial charge >= 0.3 is 5.97 Å². The van der Waals surface area contributed by atoms with Gasteiger partial charge in [-0.25, -0.2) is 4.39 Å². The van der Waals surface area contributed by atoms with E-state index in [-0.39, 0.29) is 24.8 Å². The summed E-state index contributed by atoms with van der Waals surface area (Å²) in [4.78, 5) is 17.6. The second kappa shape index (κ2) is 17.5. The lowest BCUT2D eigenvalue weighted by Gasteiger charge is -2.19. The van der Waals surface area contributed by atoms with Crippen molar-refractivity contribution in [1.82, 2.24) is 15.2 Å². The normalized spacial score (nSPS) is 11.7. The maximum Gasteiger partial charge on any atom is 0.323 e. The quantitative estimate of drug-likeness (QED) is 0.0985. The summed E-state index contributed by atoms with van der Waals surface area (Å²) < 4.78 is 27.5. The van der Waals surface area contributed by atoms with Crippen LogP contribution in [0.4, 0.5) is 4.39 Å². The van der Waals surface area contributed by atoms with Crippen molar-refractivity contribution in [2.24, 2.45) is 0 Å². The van der Waals surface area contributed by atoms with Crippen LogP contribution in [0.25, 0.3) is 22.3 Å². The smallest absolute Gasteiger partial charge is 0.323 e. The summed E-state index contributed by atoms with van der Waals surface area (Å²) in [7, 11) is 4.00. The van der Waals surface area contributed by atoms with Crippen molar-refractivity contribution in [3.05, 3.63) is 134 Å². The number of rotatable bonds is 15. The van der Waals surface area contributed by atoms with Crippen molar-refractivity contribution in [2.45, 2.75) is 39.3 Å². The van der Waals surface area contributed by atoms with Gasteiger partial charge in [0.2, 0.25) is 0 Å². The van der Waals surface area contributed by atoms with Gasteiger partial charge in [0.05, 0.1) is 22.2 Å². The van der Waals surface area contributed by atoms with Crippen molar-refractivity contribution >= 4 is 29.2 Å². The SMILES string of the molecule is Cc1c(COc2cc(OCc3cncc(C#N)c3)c(CNC(CO)C(=O)O)cc2Cl)cccc1-c1cc(F)cc(-c2ccc(CN(C)C)cc2)c1Cl. The Hall–Kier alpha value is -5.02. The summed E-state index contributed by atoms with van der Waals surface area (Å²) in [6.07, 6.45) is 3.02. The summed E-state index contributed by atoms with van der Waals surface area (Å²) in [6, 6.07) is 22.1. The van der Waals surface area contributed by atoms with Gasteiger partial charge in [-0.3, -0.25) is 15.1 Å². The molecule has 0 aliphatic rings. The Bertz CT molecular complexity index is 2100. The zero-order chi connectivity index (χ0) is 37.4. The van der Waals surface area contributed by atoms with Gasteiger partial charge in [0.1, 0.15) is 42.6 Å². The molecule has 0 aliphatic carbocycles. The predicted octanol–water partition coefficient (Wildman–Crippen LogP) is 7.80. The zero-order valence-electron chi connectivity index (χ0n) is 28.8. The van der Waals surface area contributed by atoms with E-state index in [4.69, 9.17) is 32.7 Å². The van der Waals surface area contributed by atoms with Gasteiger partial charge in [-0.1, -0.05) is 65.7 Å². The Morgan fingerprint density at radius 1 is 0.942 bits per heavy atom. The fraction of sp³-hybridized carbons (Fsp3) is 0.225. The number of aromatic nitrogens is 1. The molecule has 1 unspecified atom stereocenters. The first-order valence-corrected chi connectivity index (χ1v) is 17.0. The molecule has 0 saturated carbocycles. The number of carboxylic acid groups (broad SMARTS) is 1. The third-order valence-electron chi connectivity index (χ3n) is 8.37. The standard InChI is InChI=1S/C40H37Cl2FN4O5/c1-24-29(5-4-6-32(24)34-14-31(43)13-33(39(34)42)28-9-7-25(8-10-28)20-47(2)3)23-52-38-15-37(51-22-27-11-26(16-44)17-45-18-27)30(12-35(38)41)19-46-36(21-48)40(49)50/h4-15,17-18,36,46,48H,19-23H2,1-3H3,(H,49,50). The second-order valence-electron chi connectivity index (χ2n) is 12.5. The second-order valence-corrected chi connectivity index (χ2v) is 13.2. The summed E-state index contributed by atoms with van der Waals surface area (Å²) in [6.45, 7) is 2.25. The highest BCUT2D eigenvalue weighted by atomic mass is 35.5. The molecule has 9 nitrogen and oxygen atoms in total. The molecule has 0 amide bonds. The van der Waals surface area contributed by atoms with E-state index in [9.17, 15) is 20.3 Å². The molecular weight excluding hydrogens is 706 g/mol. The number of aliphatic hydroxyl groups excluding tert-OH is 1. The number of hydrogen-bond acceptors (Lipinski definition) is 8. The van der Waals surface area contributed by atoms with E-state index in [1.807, 2.05) is 69.6 Å². The molecule has 3 N–H and O–H groups in total. The van der Waals surface area contributed by atoms with Gasteiger partial charge in [-0.2, -0.15) is 5.26 Å². The van der Waals surface area contributed by atoms with Crippen molar-refractivity contribution in [1.29, 1.82) is 5.26 Å². The van der Waals surface area contributed by atoms with Crippen LogP contribution in [-0.2, 0) is 31.1 Å². The fourth-order valence-electron chi connectivity index (χ4n) is 5.65. The number of nitrogens with zero attached hydrogens (tertiary/aromatic N) is 3. The van der Waals surface area contributed by atoms with Crippen molar-refractivity contribution in [2.75, 3.05) is 20.7 Å². The Balaban J connectivity index is 1.41. The Labute approximate surface area is 311 Å². The molecule has 0 fully saturated rings. The molecule has 1 atom stereocenters. The first-order valence-electron chi connectivity index (χ1n) is 16.3. The van der Waals surface area contributed by atoms with Crippen LogP contribution >= 0.6 is 23.2 Å². The monoisotopic (exact) mass is 742 g/mol. The summed E-state index contributed by atoms with van der Waals surface area (Å²) >= 11 is 13.6. The maximum absolute atomic E-state index is 15.1. The summed E-state index contributed by atoms with van der Waals surface area (Å²) in [5.74, 6) is -0.978. The molecular formula is C40H37Cl2FN4O5. The number of benzene rings is 4. The molecule has 1 heterocycles. The van der Waals surface area contributed by atoms with E-state index >= 15 is 4.39 Å². The first kappa shape index (κ1) is 38.2. The highest BCUT2D eigenvalue weighted by molar-refractivity contribution is 6.36. The van der Waals surface area contributed by atoms with E-state index in [0.29, 0.717) is 44.3 Å². The lowest BCUT2D eigenvalue weighted by molar-refractivity contribution is -0.140. The van der Waals surface area contributed by atoms with Gasteiger partial charge in [0.25, 0.3) is 0 Å². The van der Waals surface area contributed by atoms with Crippen LogP contribution in [-0.4, -0.2) is 52.8 Å². The lowest BCUT2D eigenvalue weighted by atomic mass is 9.93. The molecule has 4 aromatic carbocycles. The van der Waals surface area contributed by atoms with Gasteiger partial charge < -0.3 is 24.6 Å². The molecule has 12 heteroatoms. The van der Waals surface area contributed by atoms with Gasteiger partial charge in [-0.05, 0) is 73.1 Å². The van der Waals surface area contributed by atoms with Crippen LogP contribution in [0.5, 0.6) is 11.5 Å². The molecule has 0 bridgehead atoms. The third-order valence-corrected chi connectivity index (χ3v) is 9.08. The first-order chi connectivity index (χ1) is 25.0. The number of halogens is 3. The van der Waals surface area contributed by atoms with Crippen molar-refractivity contribution in [3.63, 3.8) is 0 Å². The van der Waals surface area contributed by atoms with E-state index < -0.39 is 24.4 Å². The molecule has 268 valence electrons. The van der Waals surface area contributed by atoms with Crippen LogP contribution in [0.2, 0.25) is 10.0 Å². The van der Waals surface area contributed by atoms with E-state index in [0.717, 1.165) is 34.4 Å². The van der Waals surface area contributed by atoms with Crippen molar-refractivity contribution in [3.8, 4) is 39.8 Å².